The van der Waals surface area contributed by atoms with Crippen LogP contribution in [0.25, 0.3) is 10.8 Å². The number of fused-ring (bicyclic) bond motifs is 2. The number of nitrogens with zero attached hydrogens (tertiary/aromatic N) is 1. The Hall–Kier alpha value is -4.17. The molecule has 1 saturated carbocycles. The first-order valence-electron chi connectivity index (χ1n) is 13.4. The number of anilines is 1. The first-order chi connectivity index (χ1) is 19.1. The van der Waals surface area contributed by atoms with Crippen LogP contribution in [0.1, 0.15) is 51.0 Å². The van der Waals surface area contributed by atoms with Crippen LogP contribution >= 0.6 is 0 Å². The van der Waals surface area contributed by atoms with Crippen molar-refractivity contribution in [2.24, 2.45) is 0 Å². The van der Waals surface area contributed by atoms with Crippen LogP contribution in [-0.2, 0) is 23.0 Å². The third kappa shape index (κ3) is 4.52. The van der Waals surface area contributed by atoms with Crippen LogP contribution in [0.4, 0.5) is 10.5 Å². The maximum Gasteiger partial charge on any atom is 0.329 e. The molecule has 0 bridgehead atoms. The fourth-order valence-electron chi connectivity index (χ4n) is 5.96. The SMILES string of the molecule is Cc1cc(CC2(NC(=O)NS(=O)(=O)c3ccccc3)CC2)ccc1N1Cc2c(c(C)c3ccccc3c2C)C1=O. The highest BCUT2D eigenvalue weighted by Crippen LogP contribution is 2.41. The van der Waals surface area contributed by atoms with Crippen LogP contribution in [0.2, 0.25) is 0 Å². The maximum atomic E-state index is 13.7. The number of urea groups is 1. The average Bonchev–Trinajstić information content (AvgIpc) is 3.58. The Balaban J connectivity index is 1.18. The topological polar surface area (TPSA) is 95.6 Å². The van der Waals surface area contributed by atoms with Crippen molar-refractivity contribution < 1.29 is 18.0 Å². The zero-order valence-electron chi connectivity index (χ0n) is 22.7. The Morgan fingerprint density at radius 2 is 1.55 bits per heavy atom. The molecule has 0 atom stereocenters. The first-order valence-corrected chi connectivity index (χ1v) is 14.9. The molecule has 0 radical (unpaired) electrons. The van der Waals surface area contributed by atoms with Crippen molar-refractivity contribution in [2.45, 2.75) is 57.0 Å². The number of carbonyl (C=O) groups excluding carboxylic acids is 2. The quantitative estimate of drug-likeness (QED) is 0.321. The number of aryl methyl sites for hydroxylation is 3. The van der Waals surface area contributed by atoms with Crippen LogP contribution < -0.4 is 14.9 Å². The molecule has 4 aromatic carbocycles. The van der Waals surface area contributed by atoms with E-state index >= 15 is 0 Å². The summed E-state index contributed by atoms with van der Waals surface area (Å²) in [6, 6.07) is 21.4. The number of carbonyl (C=O) groups is 2. The van der Waals surface area contributed by atoms with Crippen LogP contribution in [0.15, 0.2) is 77.7 Å². The van der Waals surface area contributed by atoms with Gasteiger partial charge in [0.1, 0.15) is 0 Å². The van der Waals surface area contributed by atoms with E-state index in [0.717, 1.165) is 57.3 Å². The number of sulfonamides is 1. The van der Waals surface area contributed by atoms with Crippen molar-refractivity contribution in [3.05, 3.63) is 106 Å². The van der Waals surface area contributed by atoms with Crippen molar-refractivity contribution in [2.75, 3.05) is 4.90 Å². The highest BCUT2D eigenvalue weighted by molar-refractivity contribution is 7.90. The minimum absolute atomic E-state index is 0.0221. The second-order valence-electron chi connectivity index (χ2n) is 11.0. The minimum atomic E-state index is -3.95. The van der Waals surface area contributed by atoms with Crippen LogP contribution in [0.5, 0.6) is 0 Å². The standard InChI is InChI=1S/C32H31N3O4S/c1-20-17-23(18-32(15-16-32)33-31(37)34-40(38,39)24-9-5-4-6-10-24)13-14-28(20)35-19-27-21(2)25-11-7-8-12-26(25)22(3)29(27)30(35)36/h4-14,17H,15-16,18-19H2,1-3H3,(H2,33,34,37). The predicted octanol–water partition coefficient (Wildman–Crippen LogP) is 5.69. The minimum Gasteiger partial charge on any atom is -0.332 e. The molecule has 6 rings (SSSR count). The van der Waals surface area contributed by atoms with Gasteiger partial charge in [0, 0.05) is 16.8 Å². The summed E-state index contributed by atoms with van der Waals surface area (Å²) < 4.78 is 27.2. The van der Waals surface area contributed by atoms with Gasteiger partial charge >= 0.3 is 6.03 Å². The number of benzene rings is 4. The molecular formula is C32H31N3O4S. The van der Waals surface area contributed by atoms with Gasteiger partial charge in [-0.1, -0.05) is 54.6 Å². The number of hydrogen-bond donors (Lipinski definition) is 2. The Labute approximate surface area is 234 Å². The normalized spacial score (nSPS) is 15.7. The van der Waals surface area contributed by atoms with Crippen LogP contribution in [0.3, 0.4) is 0 Å². The molecule has 1 fully saturated rings. The fraction of sp³-hybridized carbons (Fsp3) is 0.250. The number of amides is 3. The molecule has 0 aromatic heterocycles. The largest absolute Gasteiger partial charge is 0.332 e. The van der Waals surface area contributed by atoms with Gasteiger partial charge in [-0.3, -0.25) is 4.79 Å². The summed E-state index contributed by atoms with van der Waals surface area (Å²) in [7, 11) is -3.95. The summed E-state index contributed by atoms with van der Waals surface area (Å²) in [4.78, 5) is 28.2. The fourth-order valence-corrected chi connectivity index (χ4v) is 6.89. The van der Waals surface area contributed by atoms with Crippen molar-refractivity contribution in [3.8, 4) is 0 Å². The second kappa shape index (κ2) is 9.48. The summed E-state index contributed by atoms with van der Waals surface area (Å²) in [6.45, 7) is 6.66. The van der Waals surface area contributed by atoms with Gasteiger partial charge in [0.05, 0.1) is 11.4 Å². The van der Waals surface area contributed by atoms with E-state index in [1.54, 1.807) is 18.2 Å². The van der Waals surface area contributed by atoms with E-state index in [2.05, 4.69) is 35.2 Å². The lowest BCUT2D eigenvalue weighted by Gasteiger charge is -2.21. The summed E-state index contributed by atoms with van der Waals surface area (Å²) in [6.07, 6.45) is 2.10. The van der Waals surface area contributed by atoms with Gasteiger partial charge < -0.3 is 10.2 Å². The average molecular weight is 554 g/mol. The van der Waals surface area contributed by atoms with Gasteiger partial charge in [0.15, 0.2) is 0 Å². The van der Waals surface area contributed by atoms with Gasteiger partial charge in [0.2, 0.25) is 0 Å². The molecule has 1 heterocycles. The van der Waals surface area contributed by atoms with E-state index in [4.69, 9.17) is 0 Å². The Morgan fingerprint density at radius 1 is 0.900 bits per heavy atom. The van der Waals surface area contributed by atoms with Crippen molar-refractivity contribution in [1.82, 2.24) is 10.0 Å². The van der Waals surface area contributed by atoms with E-state index in [0.29, 0.717) is 13.0 Å². The zero-order chi connectivity index (χ0) is 28.2. The molecule has 4 aromatic rings. The molecule has 7 nitrogen and oxygen atoms in total. The van der Waals surface area contributed by atoms with Crippen LogP contribution in [0, 0.1) is 20.8 Å². The second-order valence-corrected chi connectivity index (χ2v) is 12.7. The summed E-state index contributed by atoms with van der Waals surface area (Å²) in [5, 5.41) is 5.18. The van der Waals surface area contributed by atoms with Gasteiger partial charge in [-0.2, -0.15) is 0 Å². The van der Waals surface area contributed by atoms with Crippen molar-refractivity contribution in [1.29, 1.82) is 0 Å². The molecule has 3 amide bonds. The van der Waals surface area contributed by atoms with E-state index in [9.17, 15) is 18.0 Å². The van der Waals surface area contributed by atoms with Gasteiger partial charge in [-0.05, 0) is 96.8 Å². The molecule has 2 aliphatic rings. The molecule has 40 heavy (non-hydrogen) atoms. The molecule has 204 valence electrons. The third-order valence-corrected chi connectivity index (χ3v) is 9.59. The van der Waals surface area contributed by atoms with Crippen LogP contribution in [-0.4, -0.2) is 25.9 Å². The number of hydrogen-bond acceptors (Lipinski definition) is 4. The first kappa shape index (κ1) is 26.1. The maximum absolute atomic E-state index is 13.7. The molecule has 2 N–H and O–H groups in total. The van der Waals surface area contributed by atoms with E-state index in [-0.39, 0.29) is 10.8 Å². The molecule has 0 spiro atoms. The lowest BCUT2D eigenvalue weighted by Crippen LogP contribution is -2.46. The van der Waals surface area contributed by atoms with Gasteiger partial charge in [-0.15, -0.1) is 0 Å². The predicted molar refractivity (Wildman–Crippen MR) is 156 cm³/mol. The van der Waals surface area contributed by atoms with E-state index in [1.165, 1.54) is 17.5 Å². The van der Waals surface area contributed by atoms with Gasteiger partial charge in [0.25, 0.3) is 15.9 Å². The lowest BCUT2D eigenvalue weighted by atomic mass is 9.92. The Kier molecular flexibility index (Phi) is 6.18. The Morgan fingerprint density at radius 3 is 2.20 bits per heavy atom. The summed E-state index contributed by atoms with van der Waals surface area (Å²) in [5.41, 5.74) is 6.44. The summed E-state index contributed by atoms with van der Waals surface area (Å²) in [5.74, 6) is 0.0221. The molecular weight excluding hydrogens is 522 g/mol. The smallest absolute Gasteiger partial charge is 0.329 e. The molecule has 8 heteroatoms. The molecule has 0 saturated heterocycles. The number of rotatable bonds is 6. The van der Waals surface area contributed by atoms with Gasteiger partial charge in [-0.25, -0.2) is 17.9 Å². The van der Waals surface area contributed by atoms with E-state index in [1.807, 2.05) is 43.0 Å². The molecule has 0 unspecified atom stereocenters. The van der Waals surface area contributed by atoms with E-state index < -0.39 is 21.6 Å². The Bertz CT molecular complexity index is 1790. The lowest BCUT2D eigenvalue weighted by molar-refractivity contribution is 0.0996. The van der Waals surface area contributed by atoms with Crippen molar-refractivity contribution in [3.63, 3.8) is 0 Å². The van der Waals surface area contributed by atoms with Crippen molar-refractivity contribution >= 4 is 38.4 Å². The molecule has 1 aliphatic heterocycles. The number of nitrogens with one attached hydrogen (secondary N) is 2. The highest BCUT2D eigenvalue weighted by Gasteiger charge is 2.44. The highest BCUT2D eigenvalue weighted by atomic mass is 32.2. The zero-order valence-corrected chi connectivity index (χ0v) is 23.6. The molecule has 1 aliphatic carbocycles. The summed E-state index contributed by atoms with van der Waals surface area (Å²) >= 11 is 0. The third-order valence-electron chi connectivity index (χ3n) is 8.25. The monoisotopic (exact) mass is 553 g/mol.